The molecule has 4 rings (SSSR count). The molecular weight excluding hydrogens is 369 g/mol. The van der Waals surface area contributed by atoms with Gasteiger partial charge < -0.3 is 15.1 Å². The topological polar surface area (TPSA) is 35.6 Å². The van der Waals surface area contributed by atoms with E-state index in [0.717, 1.165) is 38.9 Å². The number of piperidine rings is 1. The molecule has 2 heterocycles. The molecule has 1 spiro atoms. The number of halogens is 2. The van der Waals surface area contributed by atoms with Gasteiger partial charge in [0.25, 0.3) is 0 Å². The first kappa shape index (κ1) is 21.3. The van der Waals surface area contributed by atoms with Crippen molar-refractivity contribution in [2.24, 2.45) is 11.3 Å². The number of rotatable bonds is 3. The number of nitrogens with one attached hydrogen (secondary N) is 1. The van der Waals surface area contributed by atoms with Gasteiger partial charge in [0.1, 0.15) is 0 Å². The number of hydrogen-bond acceptors (Lipinski definition) is 3. The van der Waals surface area contributed by atoms with E-state index < -0.39 is 0 Å². The Morgan fingerprint density at radius 2 is 1.96 bits per heavy atom. The van der Waals surface area contributed by atoms with Crippen LogP contribution in [0.25, 0.3) is 0 Å². The van der Waals surface area contributed by atoms with Gasteiger partial charge in [0.2, 0.25) is 5.91 Å². The lowest BCUT2D eigenvalue weighted by molar-refractivity contribution is -0.134. The number of benzene rings is 1. The van der Waals surface area contributed by atoms with Crippen molar-refractivity contribution in [3.05, 3.63) is 29.8 Å². The molecule has 1 amide bonds. The minimum Gasteiger partial charge on any atom is -0.378 e. The summed E-state index contributed by atoms with van der Waals surface area (Å²) >= 11 is 0. The van der Waals surface area contributed by atoms with Gasteiger partial charge in [-0.2, -0.15) is 0 Å². The average molecular weight is 400 g/mol. The highest BCUT2D eigenvalue weighted by atomic mass is 35.5. The second-order valence-electron chi connectivity index (χ2n) is 8.05. The van der Waals surface area contributed by atoms with E-state index in [1.165, 1.54) is 24.1 Å². The van der Waals surface area contributed by atoms with Gasteiger partial charge in [-0.1, -0.05) is 12.1 Å². The lowest BCUT2D eigenvalue weighted by Gasteiger charge is -2.29. The number of carbonyl (C=O) groups is 1. The summed E-state index contributed by atoms with van der Waals surface area (Å²) in [4.78, 5) is 17.5. The van der Waals surface area contributed by atoms with Gasteiger partial charge in [0.15, 0.2) is 0 Å². The summed E-state index contributed by atoms with van der Waals surface area (Å²) in [5.74, 6) is 0.715. The van der Waals surface area contributed by atoms with Crippen molar-refractivity contribution in [2.75, 3.05) is 38.6 Å². The smallest absolute Gasteiger partial charge is 0.226 e. The maximum absolute atomic E-state index is 13.2. The molecule has 26 heavy (non-hydrogen) atoms. The molecule has 0 aromatic heterocycles. The van der Waals surface area contributed by atoms with Crippen molar-refractivity contribution >= 4 is 36.4 Å². The van der Waals surface area contributed by atoms with Crippen LogP contribution in [0, 0.1) is 11.3 Å². The molecule has 0 radical (unpaired) electrons. The van der Waals surface area contributed by atoms with Crippen molar-refractivity contribution in [1.29, 1.82) is 0 Å². The maximum atomic E-state index is 13.2. The van der Waals surface area contributed by atoms with E-state index in [1.54, 1.807) is 0 Å². The second-order valence-corrected chi connectivity index (χ2v) is 8.05. The van der Waals surface area contributed by atoms with Crippen LogP contribution in [0.15, 0.2) is 24.3 Å². The van der Waals surface area contributed by atoms with E-state index in [0.29, 0.717) is 11.3 Å². The number of hydrogen-bond donors (Lipinski definition) is 1. The largest absolute Gasteiger partial charge is 0.378 e. The molecule has 0 bridgehead atoms. The monoisotopic (exact) mass is 399 g/mol. The lowest BCUT2D eigenvalue weighted by Crippen LogP contribution is -2.36. The van der Waals surface area contributed by atoms with Crippen molar-refractivity contribution in [3.8, 4) is 0 Å². The molecule has 6 heteroatoms. The van der Waals surface area contributed by atoms with Crippen LogP contribution in [0.2, 0.25) is 0 Å². The fraction of sp³-hybridized carbons (Fsp3) is 0.650. The number of likely N-dealkylation sites (tertiary alicyclic amines) is 1. The van der Waals surface area contributed by atoms with Crippen molar-refractivity contribution < 1.29 is 4.79 Å². The second kappa shape index (κ2) is 8.37. The average Bonchev–Trinajstić information content (AvgIpc) is 3.07. The Morgan fingerprint density at radius 3 is 2.65 bits per heavy atom. The highest BCUT2D eigenvalue weighted by molar-refractivity contribution is 5.85. The number of amides is 1. The fourth-order valence-corrected chi connectivity index (χ4v) is 4.76. The minimum absolute atomic E-state index is 0. The zero-order chi connectivity index (χ0) is 16.7. The third kappa shape index (κ3) is 3.83. The summed E-state index contributed by atoms with van der Waals surface area (Å²) in [7, 11) is 4.14. The minimum atomic E-state index is 0. The predicted molar refractivity (Wildman–Crippen MR) is 112 cm³/mol. The zero-order valence-corrected chi connectivity index (χ0v) is 17.4. The fourth-order valence-electron chi connectivity index (χ4n) is 4.76. The van der Waals surface area contributed by atoms with Crippen LogP contribution in [-0.2, 0) is 4.79 Å². The standard InChI is InChI=1S/C20H29N3O.2ClH/c1-22(2)16-6-3-5-15(13-16)18-7-4-12-23(18)19(24)17-14-20(17)8-10-21-11-9-20;;/h3,5-6,13,17-18,21H,4,7-12,14H2,1-2H3;2*1H. The molecule has 1 aliphatic carbocycles. The van der Waals surface area contributed by atoms with Crippen molar-refractivity contribution in [3.63, 3.8) is 0 Å². The molecule has 2 aliphatic heterocycles. The molecule has 146 valence electrons. The highest BCUT2D eigenvalue weighted by Gasteiger charge is 2.59. The highest BCUT2D eigenvalue weighted by Crippen LogP contribution is 2.59. The summed E-state index contributed by atoms with van der Waals surface area (Å²) < 4.78 is 0. The first-order valence-corrected chi connectivity index (χ1v) is 9.39. The van der Waals surface area contributed by atoms with Crippen LogP contribution in [-0.4, -0.2) is 44.5 Å². The van der Waals surface area contributed by atoms with E-state index in [9.17, 15) is 4.79 Å². The van der Waals surface area contributed by atoms with Crippen LogP contribution in [0.4, 0.5) is 5.69 Å². The van der Waals surface area contributed by atoms with Crippen LogP contribution < -0.4 is 10.2 Å². The van der Waals surface area contributed by atoms with E-state index in [1.807, 2.05) is 0 Å². The summed E-state index contributed by atoms with van der Waals surface area (Å²) in [6.07, 6.45) is 5.71. The predicted octanol–water partition coefficient (Wildman–Crippen LogP) is 3.65. The molecule has 1 aromatic carbocycles. The van der Waals surface area contributed by atoms with Gasteiger partial charge in [-0.25, -0.2) is 0 Å². The van der Waals surface area contributed by atoms with Gasteiger partial charge in [-0.3, -0.25) is 4.79 Å². The number of anilines is 1. The quantitative estimate of drug-likeness (QED) is 0.842. The van der Waals surface area contributed by atoms with E-state index in [4.69, 9.17) is 0 Å². The molecule has 1 saturated carbocycles. The molecule has 2 saturated heterocycles. The SMILES string of the molecule is CN(C)c1cccc(C2CCCN2C(=O)C2CC23CCNCC3)c1.Cl.Cl. The lowest BCUT2D eigenvalue weighted by atomic mass is 9.91. The Hall–Kier alpha value is -0.970. The summed E-state index contributed by atoms with van der Waals surface area (Å²) in [5, 5.41) is 3.43. The van der Waals surface area contributed by atoms with Gasteiger partial charge >= 0.3 is 0 Å². The van der Waals surface area contributed by atoms with Crippen LogP contribution in [0.1, 0.15) is 43.7 Å². The summed E-state index contributed by atoms with van der Waals surface area (Å²) in [6.45, 7) is 3.09. The van der Waals surface area contributed by atoms with E-state index in [2.05, 4.69) is 53.5 Å². The van der Waals surface area contributed by atoms with Crippen molar-refractivity contribution in [2.45, 2.75) is 38.1 Å². The zero-order valence-electron chi connectivity index (χ0n) is 15.7. The van der Waals surface area contributed by atoms with Gasteiger partial charge in [-0.05, 0) is 68.3 Å². The Balaban J connectivity index is 0.00000121. The molecule has 1 aromatic rings. The molecule has 3 aliphatic rings. The van der Waals surface area contributed by atoms with Crippen LogP contribution in [0.5, 0.6) is 0 Å². The number of nitrogens with zero attached hydrogens (tertiary/aromatic N) is 2. The normalized spacial score (nSPS) is 26.0. The van der Waals surface area contributed by atoms with Crippen LogP contribution in [0.3, 0.4) is 0 Å². The maximum Gasteiger partial charge on any atom is 0.226 e. The van der Waals surface area contributed by atoms with E-state index >= 15 is 0 Å². The third-order valence-electron chi connectivity index (χ3n) is 6.39. The Bertz CT molecular complexity index is 631. The molecule has 2 unspecified atom stereocenters. The Kier molecular flexibility index (Phi) is 6.86. The number of carbonyl (C=O) groups excluding carboxylic acids is 1. The molecule has 2 atom stereocenters. The molecule has 3 fully saturated rings. The van der Waals surface area contributed by atoms with Gasteiger partial charge in [0.05, 0.1) is 6.04 Å². The molecule has 4 nitrogen and oxygen atoms in total. The molecule has 1 N–H and O–H groups in total. The van der Waals surface area contributed by atoms with Crippen LogP contribution >= 0.6 is 24.8 Å². The summed E-state index contributed by atoms with van der Waals surface area (Å²) in [6, 6.07) is 8.98. The Labute approximate surface area is 169 Å². The van der Waals surface area contributed by atoms with Gasteiger partial charge in [0, 0.05) is 32.2 Å². The summed E-state index contributed by atoms with van der Waals surface area (Å²) in [5.41, 5.74) is 2.85. The van der Waals surface area contributed by atoms with Gasteiger partial charge in [-0.15, -0.1) is 24.8 Å². The van der Waals surface area contributed by atoms with Crippen molar-refractivity contribution in [1.82, 2.24) is 10.2 Å². The Morgan fingerprint density at radius 1 is 1.23 bits per heavy atom. The first-order valence-electron chi connectivity index (χ1n) is 9.39. The first-order chi connectivity index (χ1) is 11.6. The molecular formula is C20H31Cl2N3O. The third-order valence-corrected chi connectivity index (χ3v) is 6.39. The van der Waals surface area contributed by atoms with E-state index in [-0.39, 0.29) is 36.8 Å².